The number of benzene rings is 1. The van der Waals surface area contributed by atoms with Crippen molar-refractivity contribution in [2.75, 3.05) is 14.2 Å². The monoisotopic (exact) mass is 302 g/mol. The molecule has 6 nitrogen and oxygen atoms in total. The van der Waals surface area contributed by atoms with E-state index < -0.39 is 5.97 Å². The molecular weight excluding hydrogens is 284 g/mol. The van der Waals surface area contributed by atoms with E-state index in [0.29, 0.717) is 25.1 Å². The number of imidazole rings is 1. The maximum atomic E-state index is 11.1. The quantitative estimate of drug-likeness (QED) is 0.937. The third kappa shape index (κ3) is 2.52. The number of hydrogen-bond acceptors (Lipinski definition) is 4. The molecule has 0 amide bonds. The minimum absolute atomic E-state index is 0.340. The van der Waals surface area contributed by atoms with Gasteiger partial charge in [-0.25, -0.2) is 4.98 Å². The number of ether oxygens (including phenoxy) is 2. The zero-order valence-corrected chi connectivity index (χ0v) is 12.6. The number of hydrogen-bond donors (Lipinski definition) is 1. The smallest absolute Gasteiger partial charge is 0.308 e. The highest BCUT2D eigenvalue weighted by Gasteiger charge is 2.26. The molecular formula is C16H18N2O4. The van der Waals surface area contributed by atoms with Crippen LogP contribution in [0.1, 0.15) is 12.2 Å². The Kier molecular flexibility index (Phi) is 3.75. The third-order valence-corrected chi connectivity index (χ3v) is 4.03. The molecule has 0 fully saturated rings. The van der Waals surface area contributed by atoms with Crippen molar-refractivity contribution in [2.24, 2.45) is 5.92 Å². The molecule has 0 radical (unpaired) electrons. The zero-order valence-electron chi connectivity index (χ0n) is 12.6. The van der Waals surface area contributed by atoms with Gasteiger partial charge >= 0.3 is 5.97 Å². The molecule has 0 saturated heterocycles. The molecule has 0 spiro atoms. The number of methoxy groups -OCH3 is 2. The van der Waals surface area contributed by atoms with E-state index in [4.69, 9.17) is 14.6 Å². The lowest BCUT2D eigenvalue weighted by atomic mass is 10.00. The molecule has 6 heteroatoms. The fraction of sp³-hybridized carbons (Fsp3) is 0.375. The van der Waals surface area contributed by atoms with E-state index >= 15 is 0 Å². The van der Waals surface area contributed by atoms with Gasteiger partial charge in [-0.3, -0.25) is 4.79 Å². The lowest BCUT2D eigenvalue weighted by molar-refractivity contribution is -0.142. The third-order valence-electron chi connectivity index (χ3n) is 4.03. The molecule has 1 N–H and O–H groups in total. The Morgan fingerprint density at radius 3 is 2.86 bits per heavy atom. The fourth-order valence-corrected chi connectivity index (χ4v) is 2.79. The molecule has 1 unspecified atom stereocenters. The first-order valence-electron chi connectivity index (χ1n) is 7.13. The van der Waals surface area contributed by atoms with Crippen molar-refractivity contribution in [3.63, 3.8) is 0 Å². The van der Waals surface area contributed by atoms with E-state index in [0.717, 1.165) is 22.8 Å². The van der Waals surface area contributed by atoms with Gasteiger partial charge in [0.05, 0.1) is 25.8 Å². The molecule has 1 atom stereocenters. The van der Waals surface area contributed by atoms with Crippen LogP contribution in [-0.4, -0.2) is 34.8 Å². The standard InChI is InChI=1S/C16H18N2O4/c1-21-11-4-5-12(14(7-11)22-2)13-9-18-8-10(16(19)20)3-6-15(18)17-13/h4-5,7,9-10H,3,6,8H2,1-2H3,(H,19,20). The van der Waals surface area contributed by atoms with Crippen LogP contribution < -0.4 is 9.47 Å². The number of nitrogens with zero attached hydrogens (tertiary/aromatic N) is 2. The summed E-state index contributed by atoms with van der Waals surface area (Å²) in [5.41, 5.74) is 1.66. The van der Waals surface area contributed by atoms with Gasteiger partial charge in [0, 0.05) is 30.8 Å². The fourth-order valence-electron chi connectivity index (χ4n) is 2.79. The number of carboxylic acids is 1. The predicted octanol–water partition coefficient (Wildman–Crippen LogP) is 2.21. The molecule has 3 rings (SSSR count). The van der Waals surface area contributed by atoms with Crippen molar-refractivity contribution >= 4 is 5.97 Å². The number of aliphatic carboxylic acids is 1. The van der Waals surface area contributed by atoms with Crippen LogP contribution in [0.5, 0.6) is 11.5 Å². The number of fused-ring (bicyclic) bond motifs is 1. The summed E-state index contributed by atoms with van der Waals surface area (Å²) in [5.74, 6) is 1.24. The van der Waals surface area contributed by atoms with Crippen molar-refractivity contribution in [3.05, 3.63) is 30.2 Å². The molecule has 2 heterocycles. The Hall–Kier alpha value is -2.50. The summed E-state index contributed by atoms with van der Waals surface area (Å²) >= 11 is 0. The zero-order chi connectivity index (χ0) is 15.7. The highest BCUT2D eigenvalue weighted by atomic mass is 16.5. The van der Waals surface area contributed by atoms with Crippen molar-refractivity contribution in [3.8, 4) is 22.8 Å². The van der Waals surface area contributed by atoms with E-state index in [1.165, 1.54) is 0 Å². The van der Waals surface area contributed by atoms with Crippen molar-refractivity contribution in [1.82, 2.24) is 9.55 Å². The number of carboxylic acid groups (broad SMARTS) is 1. The lowest BCUT2D eigenvalue weighted by Crippen LogP contribution is -2.26. The topological polar surface area (TPSA) is 73.6 Å². The van der Waals surface area contributed by atoms with E-state index in [9.17, 15) is 4.79 Å². The summed E-state index contributed by atoms with van der Waals surface area (Å²) < 4.78 is 12.5. The summed E-state index contributed by atoms with van der Waals surface area (Å²) in [7, 11) is 3.21. The highest BCUT2D eigenvalue weighted by molar-refractivity contribution is 5.71. The molecule has 0 saturated carbocycles. The van der Waals surface area contributed by atoms with Crippen molar-refractivity contribution < 1.29 is 19.4 Å². The Morgan fingerprint density at radius 2 is 2.18 bits per heavy atom. The van der Waals surface area contributed by atoms with Gasteiger partial charge in [-0.2, -0.15) is 0 Å². The van der Waals surface area contributed by atoms with Crippen LogP contribution in [0.2, 0.25) is 0 Å². The minimum atomic E-state index is -0.747. The molecule has 1 aliphatic heterocycles. The van der Waals surface area contributed by atoms with Gasteiger partial charge in [0.15, 0.2) is 0 Å². The van der Waals surface area contributed by atoms with E-state index in [2.05, 4.69) is 4.98 Å². The van der Waals surface area contributed by atoms with E-state index in [1.54, 1.807) is 14.2 Å². The minimum Gasteiger partial charge on any atom is -0.497 e. The predicted molar refractivity (Wildman–Crippen MR) is 80.2 cm³/mol. The largest absolute Gasteiger partial charge is 0.497 e. The maximum Gasteiger partial charge on any atom is 0.308 e. The van der Waals surface area contributed by atoms with Crippen LogP contribution in [0.4, 0.5) is 0 Å². The highest BCUT2D eigenvalue weighted by Crippen LogP contribution is 2.34. The Balaban J connectivity index is 1.96. The van der Waals surface area contributed by atoms with Gasteiger partial charge in [0.1, 0.15) is 17.3 Å². The second kappa shape index (κ2) is 5.71. The Bertz CT molecular complexity index is 708. The average molecular weight is 302 g/mol. The van der Waals surface area contributed by atoms with Gasteiger partial charge < -0.3 is 19.1 Å². The van der Waals surface area contributed by atoms with Crippen LogP contribution in [0, 0.1) is 5.92 Å². The maximum absolute atomic E-state index is 11.1. The van der Waals surface area contributed by atoms with Gasteiger partial charge in [-0.15, -0.1) is 0 Å². The van der Waals surface area contributed by atoms with Gasteiger partial charge in [0.2, 0.25) is 0 Å². The number of rotatable bonds is 4. The van der Waals surface area contributed by atoms with Crippen LogP contribution in [0.3, 0.4) is 0 Å². The first kappa shape index (κ1) is 14.4. The van der Waals surface area contributed by atoms with Crippen LogP contribution in [0.25, 0.3) is 11.3 Å². The van der Waals surface area contributed by atoms with Crippen LogP contribution in [0.15, 0.2) is 24.4 Å². The molecule has 22 heavy (non-hydrogen) atoms. The molecule has 1 aromatic carbocycles. The summed E-state index contributed by atoms with van der Waals surface area (Å²) in [4.78, 5) is 15.8. The van der Waals surface area contributed by atoms with Crippen LogP contribution >= 0.6 is 0 Å². The summed E-state index contributed by atoms with van der Waals surface area (Å²) in [6, 6.07) is 5.57. The average Bonchev–Trinajstić information content (AvgIpc) is 2.96. The van der Waals surface area contributed by atoms with E-state index in [1.807, 2.05) is 29.0 Å². The summed E-state index contributed by atoms with van der Waals surface area (Å²) in [5, 5.41) is 9.16. The first-order chi connectivity index (χ1) is 10.6. The molecule has 0 aliphatic carbocycles. The SMILES string of the molecule is COc1ccc(-c2cn3c(n2)CCC(C(=O)O)C3)c(OC)c1. The molecule has 0 bridgehead atoms. The molecule has 116 valence electrons. The van der Waals surface area contributed by atoms with Gasteiger partial charge in [-0.05, 0) is 18.6 Å². The number of carbonyl (C=O) groups is 1. The normalized spacial score (nSPS) is 16.9. The van der Waals surface area contributed by atoms with Crippen molar-refractivity contribution in [1.29, 1.82) is 0 Å². The summed E-state index contributed by atoms with van der Waals surface area (Å²) in [6.07, 6.45) is 3.20. The molecule has 1 aromatic heterocycles. The number of aryl methyl sites for hydroxylation is 1. The second-order valence-electron chi connectivity index (χ2n) is 5.33. The first-order valence-corrected chi connectivity index (χ1v) is 7.13. The van der Waals surface area contributed by atoms with Crippen LogP contribution in [-0.2, 0) is 17.8 Å². The van der Waals surface area contributed by atoms with Gasteiger partial charge in [0.25, 0.3) is 0 Å². The Morgan fingerprint density at radius 1 is 1.36 bits per heavy atom. The lowest BCUT2D eigenvalue weighted by Gasteiger charge is -2.19. The number of aromatic nitrogens is 2. The molecule has 2 aromatic rings. The summed E-state index contributed by atoms with van der Waals surface area (Å²) in [6.45, 7) is 0.468. The van der Waals surface area contributed by atoms with Crippen molar-refractivity contribution in [2.45, 2.75) is 19.4 Å². The second-order valence-corrected chi connectivity index (χ2v) is 5.33. The Labute approximate surface area is 128 Å². The van der Waals surface area contributed by atoms with Gasteiger partial charge in [-0.1, -0.05) is 0 Å². The molecule has 1 aliphatic rings. The van der Waals surface area contributed by atoms with E-state index in [-0.39, 0.29) is 5.92 Å².